The molecule has 0 aromatic heterocycles. The van der Waals surface area contributed by atoms with Crippen molar-refractivity contribution in [3.05, 3.63) is 0 Å². The standard InChI is InChI=1S/C18H30Br6O2/c1-2-3-4-7-12(19)14(21)10-16(23)17(24)11-15(22)13(20)8-5-6-9-18(25)26/h12-17H,2-11H2,1H3,(H,25,26)/t12-,13-,14+,15+,16+,17-/m1/s1. The molecule has 0 fully saturated rings. The molecule has 156 valence electrons. The van der Waals surface area contributed by atoms with Gasteiger partial charge in [0, 0.05) is 35.4 Å². The highest BCUT2D eigenvalue weighted by atomic mass is 79.9. The van der Waals surface area contributed by atoms with Gasteiger partial charge in [0.15, 0.2) is 0 Å². The number of carboxylic acid groups (broad SMARTS) is 1. The number of carboxylic acids is 1. The Morgan fingerprint density at radius 2 is 1.08 bits per heavy atom. The first-order valence-corrected chi connectivity index (χ1v) is 14.7. The Morgan fingerprint density at radius 3 is 1.46 bits per heavy atom. The third kappa shape index (κ3) is 14.4. The number of aliphatic carboxylic acids is 1. The van der Waals surface area contributed by atoms with E-state index in [2.05, 4.69) is 103 Å². The lowest BCUT2D eigenvalue weighted by molar-refractivity contribution is -0.137. The average Bonchev–Trinajstić information content (AvgIpc) is 2.57. The van der Waals surface area contributed by atoms with E-state index in [0.29, 0.717) is 29.0 Å². The molecule has 26 heavy (non-hydrogen) atoms. The van der Waals surface area contributed by atoms with E-state index in [1.54, 1.807) is 0 Å². The predicted molar refractivity (Wildman–Crippen MR) is 136 cm³/mol. The second-order valence-electron chi connectivity index (χ2n) is 6.70. The zero-order valence-corrected chi connectivity index (χ0v) is 24.7. The zero-order valence-electron chi connectivity index (χ0n) is 15.2. The number of halogens is 6. The molecule has 6 atom stereocenters. The van der Waals surface area contributed by atoms with Gasteiger partial charge in [0.1, 0.15) is 0 Å². The summed E-state index contributed by atoms with van der Waals surface area (Å²) in [6.45, 7) is 2.23. The molecule has 0 aromatic rings. The quantitative estimate of drug-likeness (QED) is 0.127. The highest BCUT2D eigenvalue weighted by Crippen LogP contribution is 2.33. The molecule has 0 aliphatic rings. The molecule has 0 spiro atoms. The lowest BCUT2D eigenvalue weighted by Crippen LogP contribution is -2.27. The maximum Gasteiger partial charge on any atom is 0.303 e. The number of alkyl halides is 6. The van der Waals surface area contributed by atoms with Crippen molar-refractivity contribution in [3.63, 3.8) is 0 Å². The minimum Gasteiger partial charge on any atom is -0.481 e. The van der Waals surface area contributed by atoms with Crippen LogP contribution in [-0.4, -0.2) is 40.0 Å². The topological polar surface area (TPSA) is 37.3 Å². The van der Waals surface area contributed by atoms with Gasteiger partial charge in [-0.05, 0) is 32.1 Å². The van der Waals surface area contributed by atoms with E-state index in [1.165, 1.54) is 25.7 Å². The average molecular weight is 758 g/mol. The summed E-state index contributed by atoms with van der Waals surface area (Å²) in [5, 5.41) is 8.70. The second-order valence-corrected chi connectivity index (χ2v) is 13.8. The summed E-state index contributed by atoms with van der Waals surface area (Å²) in [4.78, 5) is 13.0. The summed E-state index contributed by atoms with van der Waals surface area (Å²) in [7, 11) is 0. The van der Waals surface area contributed by atoms with E-state index in [9.17, 15) is 4.79 Å². The molecule has 0 aliphatic carbocycles. The fraction of sp³-hybridized carbons (Fsp3) is 0.944. The molecule has 8 heteroatoms. The van der Waals surface area contributed by atoms with Crippen LogP contribution >= 0.6 is 95.6 Å². The van der Waals surface area contributed by atoms with Crippen LogP contribution in [0.25, 0.3) is 0 Å². The SMILES string of the molecule is CCCCC[C@@H](Br)[C@@H](Br)C[C@H](Br)[C@H](Br)C[C@H](Br)[C@H](Br)CCCCC(=O)O. The Balaban J connectivity index is 4.13. The molecule has 0 rings (SSSR count). The monoisotopic (exact) mass is 752 g/mol. The van der Waals surface area contributed by atoms with Crippen molar-refractivity contribution < 1.29 is 9.90 Å². The highest BCUT2D eigenvalue weighted by Gasteiger charge is 2.27. The molecule has 0 amide bonds. The molecule has 0 unspecified atom stereocenters. The summed E-state index contributed by atoms with van der Waals surface area (Å²) in [6.07, 6.45) is 10.0. The molecular weight excluding hydrogens is 728 g/mol. The molecule has 0 saturated carbocycles. The molecule has 0 aromatic carbocycles. The number of hydrogen-bond acceptors (Lipinski definition) is 1. The lowest BCUT2D eigenvalue weighted by Gasteiger charge is -2.25. The molecular formula is C18H30Br6O2. The van der Waals surface area contributed by atoms with Crippen molar-refractivity contribution in [3.8, 4) is 0 Å². The van der Waals surface area contributed by atoms with Gasteiger partial charge in [-0.1, -0.05) is 128 Å². The second kappa shape index (κ2) is 17.1. The van der Waals surface area contributed by atoms with Crippen LogP contribution in [0.4, 0.5) is 0 Å². The van der Waals surface area contributed by atoms with Gasteiger partial charge in [0.05, 0.1) is 0 Å². The van der Waals surface area contributed by atoms with Crippen LogP contribution in [0.15, 0.2) is 0 Å². The first-order chi connectivity index (χ1) is 12.2. The largest absolute Gasteiger partial charge is 0.481 e. The van der Waals surface area contributed by atoms with Gasteiger partial charge >= 0.3 is 5.97 Å². The van der Waals surface area contributed by atoms with Crippen LogP contribution in [0.2, 0.25) is 0 Å². The Bertz CT molecular complexity index is 372. The van der Waals surface area contributed by atoms with Gasteiger partial charge in [-0.3, -0.25) is 4.79 Å². The van der Waals surface area contributed by atoms with Crippen molar-refractivity contribution in [2.24, 2.45) is 0 Å². The van der Waals surface area contributed by atoms with Crippen LogP contribution < -0.4 is 0 Å². The smallest absolute Gasteiger partial charge is 0.303 e. The lowest BCUT2D eigenvalue weighted by atomic mass is 10.0. The maximum atomic E-state index is 10.6. The van der Waals surface area contributed by atoms with E-state index in [4.69, 9.17) is 5.11 Å². The number of hydrogen-bond donors (Lipinski definition) is 1. The van der Waals surface area contributed by atoms with E-state index >= 15 is 0 Å². The van der Waals surface area contributed by atoms with Crippen LogP contribution in [0.3, 0.4) is 0 Å². The van der Waals surface area contributed by atoms with Gasteiger partial charge < -0.3 is 5.11 Å². The third-order valence-electron chi connectivity index (χ3n) is 4.28. The molecule has 1 N–H and O–H groups in total. The summed E-state index contributed by atoms with van der Waals surface area (Å²) in [6, 6.07) is 0. The van der Waals surface area contributed by atoms with Crippen molar-refractivity contribution in [1.82, 2.24) is 0 Å². The number of rotatable bonds is 16. The Hall–Kier alpha value is 2.35. The Morgan fingerprint density at radius 1 is 0.692 bits per heavy atom. The first kappa shape index (κ1) is 28.4. The molecule has 0 heterocycles. The summed E-state index contributed by atoms with van der Waals surface area (Å²) < 4.78 is 0. The maximum absolute atomic E-state index is 10.6. The van der Waals surface area contributed by atoms with E-state index in [1.807, 2.05) is 0 Å². The summed E-state index contributed by atoms with van der Waals surface area (Å²) in [5.74, 6) is -0.710. The number of unbranched alkanes of at least 4 members (excludes halogenated alkanes) is 3. The van der Waals surface area contributed by atoms with Crippen LogP contribution in [-0.2, 0) is 4.79 Å². The van der Waals surface area contributed by atoms with Gasteiger partial charge in [0.25, 0.3) is 0 Å². The Labute approximate surface area is 209 Å². The van der Waals surface area contributed by atoms with Crippen molar-refractivity contribution in [2.45, 2.75) is 100 Å². The van der Waals surface area contributed by atoms with Crippen molar-refractivity contribution in [1.29, 1.82) is 0 Å². The number of carbonyl (C=O) groups is 1. The molecule has 0 saturated heterocycles. The molecule has 0 radical (unpaired) electrons. The van der Waals surface area contributed by atoms with Crippen LogP contribution in [0.1, 0.15) is 71.1 Å². The van der Waals surface area contributed by atoms with Crippen LogP contribution in [0.5, 0.6) is 0 Å². The fourth-order valence-corrected chi connectivity index (χ4v) is 7.24. The zero-order chi connectivity index (χ0) is 20.1. The minimum absolute atomic E-state index is 0.260. The predicted octanol–water partition coefficient (Wildman–Crippen LogP) is 8.57. The van der Waals surface area contributed by atoms with Gasteiger partial charge in [-0.15, -0.1) is 0 Å². The highest BCUT2D eigenvalue weighted by molar-refractivity contribution is 9.13. The normalized spacial score (nSPS) is 18.7. The van der Waals surface area contributed by atoms with E-state index in [0.717, 1.165) is 32.1 Å². The van der Waals surface area contributed by atoms with Gasteiger partial charge in [-0.2, -0.15) is 0 Å². The van der Waals surface area contributed by atoms with E-state index < -0.39 is 5.97 Å². The van der Waals surface area contributed by atoms with Crippen LogP contribution in [0, 0.1) is 0 Å². The summed E-state index contributed by atoms with van der Waals surface area (Å²) >= 11 is 22.9. The van der Waals surface area contributed by atoms with Crippen molar-refractivity contribution in [2.75, 3.05) is 0 Å². The fourth-order valence-electron chi connectivity index (χ4n) is 2.59. The van der Waals surface area contributed by atoms with Gasteiger partial charge in [0.2, 0.25) is 0 Å². The third-order valence-corrected chi connectivity index (χ3v) is 12.7. The Kier molecular flexibility index (Phi) is 18.6. The first-order valence-electron chi connectivity index (χ1n) is 9.25. The van der Waals surface area contributed by atoms with E-state index in [-0.39, 0.29) is 6.42 Å². The molecule has 0 bridgehead atoms. The van der Waals surface area contributed by atoms with Gasteiger partial charge in [-0.25, -0.2) is 0 Å². The summed E-state index contributed by atoms with van der Waals surface area (Å²) in [5.41, 5.74) is 0. The molecule has 2 nitrogen and oxygen atoms in total. The molecule has 0 aliphatic heterocycles. The van der Waals surface area contributed by atoms with Crippen molar-refractivity contribution >= 4 is 102 Å². The minimum atomic E-state index is -0.710.